The summed E-state index contributed by atoms with van der Waals surface area (Å²) < 4.78 is 12.5. The van der Waals surface area contributed by atoms with Gasteiger partial charge in [0.1, 0.15) is 11.6 Å². The van der Waals surface area contributed by atoms with Gasteiger partial charge < -0.3 is 5.32 Å². The Morgan fingerprint density at radius 2 is 2.31 bits per heavy atom. The lowest BCUT2D eigenvalue weighted by Crippen LogP contribution is -2.03. The van der Waals surface area contributed by atoms with Crippen LogP contribution >= 0.6 is 0 Å². The second-order valence-corrected chi connectivity index (χ2v) is 3.52. The topological polar surface area (TPSA) is 24.9 Å². The standard InChI is InChI=1S/C10H13FN2/c11-9-3-4-10(13-7-9)12-6-5-8-1-2-8/h3-4,7-8H,1-2,5-6H2,(H,12,13). The zero-order valence-electron chi connectivity index (χ0n) is 7.46. The van der Waals surface area contributed by atoms with Gasteiger partial charge in [0.25, 0.3) is 0 Å². The molecule has 1 aromatic rings. The van der Waals surface area contributed by atoms with Gasteiger partial charge in [0.2, 0.25) is 0 Å². The van der Waals surface area contributed by atoms with E-state index in [1.807, 2.05) is 0 Å². The number of rotatable bonds is 4. The van der Waals surface area contributed by atoms with Gasteiger partial charge in [-0.15, -0.1) is 0 Å². The molecule has 0 aromatic carbocycles. The first-order valence-electron chi connectivity index (χ1n) is 4.70. The van der Waals surface area contributed by atoms with E-state index in [9.17, 15) is 4.39 Å². The molecule has 1 N–H and O–H groups in total. The molecule has 0 amide bonds. The molecule has 2 nitrogen and oxygen atoms in total. The minimum Gasteiger partial charge on any atom is -0.370 e. The van der Waals surface area contributed by atoms with E-state index in [0.29, 0.717) is 0 Å². The van der Waals surface area contributed by atoms with E-state index < -0.39 is 0 Å². The third-order valence-electron chi connectivity index (χ3n) is 2.28. The van der Waals surface area contributed by atoms with Crippen LogP contribution in [-0.2, 0) is 0 Å². The van der Waals surface area contributed by atoms with Crippen LogP contribution in [0.3, 0.4) is 0 Å². The van der Waals surface area contributed by atoms with E-state index in [1.54, 1.807) is 6.07 Å². The van der Waals surface area contributed by atoms with Crippen LogP contribution in [0.2, 0.25) is 0 Å². The van der Waals surface area contributed by atoms with Gasteiger partial charge in [0, 0.05) is 6.54 Å². The molecule has 1 aliphatic rings. The van der Waals surface area contributed by atoms with Gasteiger partial charge >= 0.3 is 0 Å². The van der Waals surface area contributed by atoms with Crippen molar-refractivity contribution in [3.63, 3.8) is 0 Å². The fourth-order valence-corrected chi connectivity index (χ4v) is 1.29. The second kappa shape index (κ2) is 3.73. The van der Waals surface area contributed by atoms with Gasteiger partial charge in [-0.25, -0.2) is 9.37 Å². The van der Waals surface area contributed by atoms with Crippen LogP contribution in [0.5, 0.6) is 0 Å². The lowest BCUT2D eigenvalue weighted by Gasteiger charge is -2.03. The van der Waals surface area contributed by atoms with E-state index in [2.05, 4.69) is 10.3 Å². The fraction of sp³-hybridized carbons (Fsp3) is 0.500. The molecule has 0 atom stereocenters. The van der Waals surface area contributed by atoms with Crippen LogP contribution in [0.1, 0.15) is 19.3 Å². The van der Waals surface area contributed by atoms with Crippen LogP contribution in [0.15, 0.2) is 18.3 Å². The summed E-state index contributed by atoms with van der Waals surface area (Å²) in [6, 6.07) is 3.09. The Morgan fingerprint density at radius 3 is 2.92 bits per heavy atom. The summed E-state index contributed by atoms with van der Waals surface area (Å²) in [5.41, 5.74) is 0. The zero-order valence-corrected chi connectivity index (χ0v) is 7.46. The maximum Gasteiger partial charge on any atom is 0.141 e. The number of nitrogens with one attached hydrogen (secondary N) is 1. The number of pyridine rings is 1. The Balaban J connectivity index is 1.76. The normalized spacial score (nSPS) is 15.8. The number of anilines is 1. The predicted molar refractivity (Wildman–Crippen MR) is 50.0 cm³/mol. The molecule has 70 valence electrons. The Morgan fingerprint density at radius 1 is 1.46 bits per heavy atom. The summed E-state index contributed by atoms with van der Waals surface area (Å²) in [6.45, 7) is 0.948. The average Bonchev–Trinajstić information content (AvgIpc) is 2.92. The van der Waals surface area contributed by atoms with Crippen molar-refractivity contribution in [3.05, 3.63) is 24.1 Å². The Hall–Kier alpha value is -1.12. The molecular formula is C10H13FN2. The van der Waals surface area contributed by atoms with Crippen molar-refractivity contribution in [2.75, 3.05) is 11.9 Å². The van der Waals surface area contributed by atoms with Gasteiger partial charge in [-0.3, -0.25) is 0 Å². The van der Waals surface area contributed by atoms with E-state index in [4.69, 9.17) is 0 Å². The van der Waals surface area contributed by atoms with Crippen molar-refractivity contribution < 1.29 is 4.39 Å². The number of nitrogens with zero attached hydrogens (tertiary/aromatic N) is 1. The predicted octanol–water partition coefficient (Wildman–Crippen LogP) is 2.43. The molecule has 0 bridgehead atoms. The van der Waals surface area contributed by atoms with Gasteiger partial charge in [0.15, 0.2) is 0 Å². The molecule has 0 aliphatic heterocycles. The largest absolute Gasteiger partial charge is 0.370 e. The van der Waals surface area contributed by atoms with Gasteiger partial charge in [-0.05, 0) is 24.5 Å². The Bertz CT molecular complexity index is 267. The van der Waals surface area contributed by atoms with Crippen molar-refractivity contribution in [3.8, 4) is 0 Å². The fourth-order valence-electron chi connectivity index (χ4n) is 1.29. The lowest BCUT2D eigenvalue weighted by atomic mass is 10.3. The molecule has 2 rings (SSSR count). The lowest BCUT2D eigenvalue weighted by molar-refractivity contribution is 0.621. The van der Waals surface area contributed by atoms with Gasteiger partial charge in [-0.1, -0.05) is 12.8 Å². The van der Waals surface area contributed by atoms with E-state index in [-0.39, 0.29) is 5.82 Å². The SMILES string of the molecule is Fc1ccc(NCCC2CC2)nc1. The van der Waals surface area contributed by atoms with Crippen LogP contribution in [0.4, 0.5) is 10.2 Å². The summed E-state index contributed by atoms with van der Waals surface area (Å²) >= 11 is 0. The molecule has 0 spiro atoms. The van der Waals surface area contributed by atoms with Crippen LogP contribution in [0.25, 0.3) is 0 Å². The first kappa shape index (κ1) is 8.48. The van der Waals surface area contributed by atoms with Crippen molar-refractivity contribution in [1.82, 2.24) is 4.98 Å². The van der Waals surface area contributed by atoms with Gasteiger partial charge in [-0.2, -0.15) is 0 Å². The third kappa shape index (κ3) is 2.68. The molecule has 1 fully saturated rings. The molecule has 1 aliphatic carbocycles. The first-order chi connectivity index (χ1) is 6.34. The molecule has 3 heteroatoms. The van der Waals surface area contributed by atoms with Crippen LogP contribution < -0.4 is 5.32 Å². The Labute approximate surface area is 77.2 Å². The minimum absolute atomic E-state index is 0.284. The van der Waals surface area contributed by atoms with Crippen LogP contribution in [0, 0.1) is 11.7 Å². The highest BCUT2D eigenvalue weighted by molar-refractivity contribution is 5.33. The number of halogens is 1. The maximum absolute atomic E-state index is 12.5. The van der Waals surface area contributed by atoms with E-state index in [1.165, 1.54) is 31.5 Å². The van der Waals surface area contributed by atoms with Crippen molar-refractivity contribution in [2.45, 2.75) is 19.3 Å². The van der Waals surface area contributed by atoms with Crippen molar-refractivity contribution in [1.29, 1.82) is 0 Å². The van der Waals surface area contributed by atoms with Crippen molar-refractivity contribution in [2.24, 2.45) is 5.92 Å². The average molecular weight is 180 g/mol. The summed E-state index contributed by atoms with van der Waals surface area (Å²) in [5.74, 6) is 1.41. The van der Waals surface area contributed by atoms with Crippen molar-refractivity contribution >= 4 is 5.82 Å². The molecule has 0 unspecified atom stereocenters. The summed E-state index contributed by atoms with van der Waals surface area (Å²) in [5, 5.41) is 3.17. The Kier molecular flexibility index (Phi) is 2.43. The molecule has 1 aromatic heterocycles. The van der Waals surface area contributed by atoms with E-state index in [0.717, 1.165) is 18.3 Å². The highest BCUT2D eigenvalue weighted by Crippen LogP contribution is 2.31. The minimum atomic E-state index is -0.284. The van der Waals surface area contributed by atoms with E-state index >= 15 is 0 Å². The van der Waals surface area contributed by atoms with Gasteiger partial charge in [0.05, 0.1) is 6.20 Å². The smallest absolute Gasteiger partial charge is 0.141 e. The number of hydrogen-bond donors (Lipinski definition) is 1. The molecule has 0 saturated heterocycles. The van der Waals surface area contributed by atoms with Crippen LogP contribution in [-0.4, -0.2) is 11.5 Å². The highest BCUT2D eigenvalue weighted by atomic mass is 19.1. The third-order valence-corrected chi connectivity index (χ3v) is 2.28. The molecular weight excluding hydrogens is 167 g/mol. The summed E-state index contributed by atoms with van der Waals surface area (Å²) in [7, 11) is 0. The highest BCUT2D eigenvalue weighted by Gasteiger charge is 2.20. The maximum atomic E-state index is 12.5. The number of hydrogen-bond acceptors (Lipinski definition) is 2. The first-order valence-corrected chi connectivity index (χ1v) is 4.70. The number of aromatic nitrogens is 1. The monoisotopic (exact) mass is 180 g/mol. The second-order valence-electron chi connectivity index (χ2n) is 3.52. The quantitative estimate of drug-likeness (QED) is 0.769. The summed E-state index contributed by atoms with van der Waals surface area (Å²) in [6.07, 6.45) is 5.19. The molecule has 1 heterocycles. The summed E-state index contributed by atoms with van der Waals surface area (Å²) in [4.78, 5) is 3.91. The molecule has 0 radical (unpaired) electrons. The molecule has 13 heavy (non-hydrogen) atoms. The molecule has 1 saturated carbocycles. The zero-order chi connectivity index (χ0) is 9.10.